The van der Waals surface area contributed by atoms with Crippen molar-refractivity contribution >= 4 is 12.1 Å². The average molecular weight is 676 g/mol. The zero-order chi connectivity index (χ0) is 35.1. The van der Waals surface area contributed by atoms with Gasteiger partial charge in [-0.3, -0.25) is 0 Å². The first-order valence-corrected chi connectivity index (χ1v) is 16.6. The van der Waals surface area contributed by atoms with Crippen LogP contribution in [0.2, 0.25) is 0 Å². The van der Waals surface area contributed by atoms with Crippen molar-refractivity contribution in [1.82, 2.24) is 5.32 Å². The lowest BCUT2D eigenvalue weighted by Crippen LogP contribution is -2.60. The van der Waals surface area contributed by atoms with Gasteiger partial charge in [0, 0.05) is 0 Å². The Morgan fingerprint density at radius 2 is 1.22 bits per heavy atom. The van der Waals surface area contributed by atoms with Gasteiger partial charge in [0.15, 0.2) is 0 Å². The van der Waals surface area contributed by atoms with Gasteiger partial charge in [0.25, 0.3) is 0 Å². The number of methoxy groups -OCH3 is 1. The summed E-state index contributed by atoms with van der Waals surface area (Å²) in [6, 6.07) is 28.5. The van der Waals surface area contributed by atoms with Crippen LogP contribution in [0.3, 0.4) is 0 Å². The highest BCUT2D eigenvalue weighted by Crippen LogP contribution is 2.32. The van der Waals surface area contributed by atoms with Crippen molar-refractivity contribution in [2.24, 2.45) is 0 Å². The van der Waals surface area contributed by atoms with E-state index in [2.05, 4.69) is 5.32 Å². The third kappa shape index (κ3) is 12.4. The number of hydrogen-bond acceptors (Lipinski definition) is 9. The SMILES string of the molecule is COC(=O)[C@H](C/C=C\C[C@H]1O[C@H](CO)[C@H](OCc2ccccc2)[C@H](OCc2ccccc2)[C@H]1OCc1ccccc1)NC(=O)OC(C)(C)C. The lowest BCUT2D eigenvalue weighted by atomic mass is 9.92. The number of benzene rings is 3. The van der Waals surface area contributed by atoms with E-state index >= 15 is 0 Å². The lowest BCUT2D eigenvalue weighted by molar-refractivity contribution is -0.269. The number of carbonyl (C=O) groups is 2. The van der Waals surface area contributed by atoms with Crippen molar-refractivity contribution in [3.63, 3.8) is 0 Å². The molecule has 1 aliphatic rings. The number of alkyl carbamates (subject to hydrolysis) is 1. The van der Waals surface area contributed by atoms with Crippen LogP contribution in [0.5, 0.6) is 0 Å². The van der Waals surface area contributed by atoms with E-state index in [0.29, 0.717) is 26.2 Å². The number of nitrogens with one attached hydrogen (secondary N) is 1. The predicted octanol–water partition coefficient (Wildman–Crippen LogP) is 5.91. The molecule has 1 saturated heterocycles. The Bertz CT molecular complexity index is 1430. The Hall–Kier alpha value is -4.06. The predicted molar refractivity (Wildman–Crippen MR) is 184 cm³/mol. The summed E-state index contributed by atoms with van der Waals surface area (Å²) in [6.07, 6.45) is 0.389. The molecule has 3 aromatic rings. The first-order chi connectivity index (χ1) is 23.7. The van der Waals surface area contributed by atoms with Crippen molar-refractivity contribution in [2.45, 2.75) is 95.6 Å². The third-order valence-electron chi connectivity index (χ3n) is 7.85. The molecule has 1 amide bonds. The molecule has 2 N–H and O–H groups in total. The Labute approximate surface area is 289 Å². The topological polar surface area (TPSA) is 122 Å². The van der Waals surface area contributed by atoms with Gasteiger partial charge in [-0.2, -0.15) is 0 Å². The van der Waals surface area contributed by atoms with Crippen molar-refractivity contribution in [3.8, 4) is 0 Å². The second-order valence-corrected chi connectivity index (χ2v) is 12.8. The number of aliphatic hydroxyl groups excluding tert-OH is 1. The van der Waals surface area contributed by atoms with E-state index in [1.165, 1.54) is 7.11 Å². The maximum atomic E-state index is 12.5. The molecular formula is C39H49NO9. The van der Waals surface area contributed by atoms with Gasteiger partial charge in [0.2, 0.25) is 0 Å². The molecule has 0 spiro atoms. The first kappa shape index (κ1) is 37.8. The minimum absolute atomic E-state index is 0.161. The maximum absolute atomic E-state index is 12.5. The Balaban J connectivity index is 1.56. The molecule has 4 rings (SSSR count). The van der Waals surface area contributed by atoms with Crippen molar-refractivity contribution < 1.29 is 43.1 Å². The number of aliphatic hydroxyl groups is 1. The zero-order valence-corrected chi connectivity index (χ0v) is 28.7. The van der Waals surface area contributed by atoms with Gasteiger partial charge < -0.3 is 38.8 Å². The Kier molecular flexibility index (Phi) is 14.8. The van der Waals surface area contributed by atoms with Crippen LogP contribution in [0.4, 0.5) is 4.79 Å². The molecule has 0 radical (unpaired) electrons. The second kappa shape index (κ2) is 19.2. The van der Waals surface area contributed by atoms with Crippen LogP contribution >= 0.6 is 0 Å². The fourth-order valence-electron chi connectivity index (χ4n) is 5.49. The fraction of sp³-hybridized carbons (Fsp3) is 0.436. The standard InChI is InChI=1S/C39H49NO9/c1-39(2,3)49-38(43)40-31(37(42)44-4)22-14-15-23-32-34(45-25-28-16-8-5-9-17-28)36(47-27-30-20-12-7-13-21-30)35(33(24-41)48-32)46-26-29-18-10-6-11-19-29/h5-21,31-36,41H,22-27H2,1-4H3,(H,40,43)/b15-14-/t31-,32+,33+,34-,35-,36+/m0/s1. The zero-order valence-electron chi connectivity index (χ0n) is 28.7. The van der Waals surface area contributed by atoms with E-state index in [9.17, 15) is 14.7 Å². The van der Waals surface area contributed by atoms with Gasteiger partial charge in [-0.15, -0.1) is 0 Å². The molecule has 0 aromatic heterocycles. The minimum Gasteiger partial charge on any atom is -0.467 e. The van der Waals surface area contributed by atoms with Crippen LogP contribution < -0.4 is 5.32 Å². The first-order valence-electron chi connectivity index (χ1n) is 16.6. The van der Waals surface area contributed by atoms with Gasteiger partial charge in [-0.25, -0.2) is 9.59 Å². The molecule has 6 atom stereocenters. The van der Waals surface area contributed by atoms with Crippen LogP contribution in [-0.2, 0) is 53.0 Å². The summed E-state index contributed by atoms with van der Waals surface area (Å²) in [5.41, 5.74) is 2.23. The highest BCUT2D eigenvalue weighted by atomic mass is 16.6. The van der Waals surface area contributed by atoms with Crippen LogP contribution in [-0.4, -0.2) is 73.0 Å². The number of amides is 1. The molecule has 10 nitrogen and oxygen atoms in total. The van der Waals surface area contributed by atoms with Crippen molar-refractivity contribution in [1.29, 1.82) is 0 Å². The van der Waals surface area contributed by atoms with Crippen LogP contribution in [0.15, 0.2) is 103 Å². The van der Waals surface area contributed by atoms with Crippen LogP contribution in [0.25, 0.3) is 0 Å². The molecule has 264 valence electrons. The third-order valence-corrected chi connectivity index (χ3v) is 7.85. The van der Waals surface area contributed by atoms with Gasteiger partial charge in [-0.05, 0) is 50.3 Å². The highest BCUT2D eigenvalue weighted by Gasteiger charge is 2.47. The molecule has 0 unspecified atom stereocenters. The van der Waals surface area contributed by atoms with Crippen LogP contribution in [0, 0.1) is 0 Å². The van der Waals surface area contributed by atoms with E-state index < -0.39 is 54.2 Å². The van der Waals surface area contributed by atoms with E-state index in [-0.39, 0.29) is 13.0 Å². The summed E-state index contributed by atoms with van der Waals surface area (Å²) in [7, 11) is 1.27. The molecule has 3 aromatic carbocycles. The summed E-state index contributed by atoms with van der Waals surface area (Å²) in [5, 5.41) is 13.1. The number of rotatable bonds is 16. The van der Waals surface area contributed by atoms with Gasteiger partial charge in [-0.1, -0.05) is 103 Å². The van der Waals surface area contributed by atoms with Crippen molar-refractivity contribution in [3.05, 3.63) is 120 Å². The smallest absolute Gasteiger partial charge is 0.408 e. The average Bonchev–Trinajstić information content (AvgIpc) is 3.10. The molecule has 0 saturated carbocycles. The van der Waals surface area contributed by atoms with Gasteiger partial charge >= 0.3 is 12.1 Å². The number of carbonyl (C=O) groups excluding carboxylic acids is 2. The summed E-state index contributed by atoms with van der Waals surface area (Å²) >= 11 is 0. The van der Waals surface area contributed by atoms with Gasteiger partial charge in [0.05, 0.1) is 39.6 Å². The van der Waals surface area contributed by atoms with E-state index in [1.807, 2.05) is 97.1 Å². The summed E-state index contributed by atoms with van der Waals surface area (Å²) < 4.78 is 36.4. The van der Waals surface area contributed by atoms with E-state index in [4.69, 9.17) is 28.4 Å². The van der Waals surface area contributed by atoms with Crippen LogP contribution in [0.1, 0.15) is 50.3 Å². The summed E-state index contributed by atoms with van der Waals surface area (Å²) in [6.45, 7) is 5.85. The fourth-order valence-corrected chi connectivity index (χ4v) is 5.49. The van der Waals surface area contributed by atoms with E-state index in [0.717, 1.165) is 16.7 Å². The molecule has 1 aliphatic heterocycles. The lowest BCUT2D eigenvalue weighted by Gasteiger charge is -2.46. The Morgan fingerprint density at radius 1 is 0.755 bits per heavy atom. The number of ether oxygens (including phenoxy) is 6. The molecule has 49 heavy (non-hydrogen) atoms. The van der Waals surface area contributed by atoms with Gasteiger partial charge in [0.1, 0.15) is 36.1 Å². The molecular weight excluding hydrogens is 626 g/mol. The second-order valence-electron chi connectivity index (χ2n) is 12.8. The monoisotopic (exact) mass is 675 g/mol. The molecule has 0 bridgehead atoms. The molecule has 1 heterocycles. The normalized spacial score (nSPS) is 21.6. The minimum atomic E-state index is -0.948. The maximum Gasteiger partial charge on any atom is 0.408 e. The molecule has 0 aliphatic carbocycles. The molecule has 1 fully saturated rings. The number of hydrogen-bond donors (Lipinski definition) is 2. The van der Waals surface area contributed by atoms with Crippen molar-refractivity contribution in [2.75, 3.05) is 13.7 Å². The molecule has 10 heteroatoms. The number of esters is 1. The summed E-state index contributed by atoms with van der Waals surface area (Å²) in [4.78, 5) is 24.9. The highest BCUT2D eigenvalue weighted by molar-refractivity contribution is 5.81. The van der Waals surface area contributed by atoms with E-state index in [1.54, 1.807) is 26.8 Å². The Morgan fingerprint density at radius 3 is 1.67 bits per heavy atom. The quantitative estimate of drug-likeness (QED) is 0.141. The summed E-state index contributed by atoms with van der Waals surface area (Å²) in [5.74, 6) is -0.596. The largest absolute Gasteiger partial charge is 0.467 e.